The molecule has 0 aliphatic rings. The van der Waals surface area contributed by atoms with E-state index in [2.05, 4.69) is 15.1 Å². The van der Waals surface area contributed by atoms with Crippen molar-refractivity contribution in [3.05, 3.63) is 59.0 Å². The molecule has 4 rings (SSSR count). The second kappa shape index (κ2) is 7.05. The summed E-state index contributed by atoms with van der Waals surface area (Å²) in [5, 5.41) is 7.22. The summed E-state index contributed by atoms with van der Waals surface area (Å²) in [6.45, 7) is 3.41. The van der Waals surface area contributed by atoms with Gasteiger partial charge in [-0.2, -0.15) is 5.10 Å². The van der Waals surface area contributed by atoms with Gasteiger partial charge in [0.25, 0.3) is 0 Å². The summed E-state index contributed by atoms with van der Waals surface area (Å²) < 4.78 is 7.07. The lowest BCUT2D eigenvalue weighted by Gasteiger charge is -2.11. The number of carbonyl (C=O) groups excluding carboxylic acids is 2. The summed E-state index contributed by atoms with van der Waals surface area (Å²) in [6.07, 6.45) is 2.58. The summed E-state index contributed by atoms with van der Waals surface area (Å²) >= 11 is 1.33. The Kier molecular flexibility index (Phi) is 4.56. The predicted molar refractivity (Wildman–Crippen MR) is 107 cm³/mol. The minimum absolute atomic E-state index is 0.180. The van der Waals surface area contributed by atoms with Gasteiger partial charge in [0.2, 0.25) is 5.78 Å². The number of hydrogen-bond acceptors (Lipinski definition) is 6. The number of aryl methyl sites for hydroxylation is 2. The SMILES string of the molecule is Cc1[nH]c2ccccc2c1C(=O)C(C)OC(=O)c1csc(-c2cnn(C)c2)n1. The highest BCUT2D eigenvalue weighted by molar-refractivity contribution is 7.13. The Hall–Kier alpha value is -3.26. The number of nitrogens with one attached hydrogen (secondary N) is 1. The molecule has 0 bridgehead atoms. The molecule has 0 aliphatic heterocycles. The van der Waals surface area contributed by atoms with Crippen LogP contribution < -0.4 is 0 Å². The molecule has 4 aromatic rings. The van der Waals surface area contributed by atoms with Crippen molar-refractivity contribution in [2.75, 3.05) is 0 Å². The van der Waals surface area contributed by atoms with Gasteiger partial charge < -0.3 is 9.72 Å². The number of ether oxygens (including phenoxy) is 1. The molecule has 0 spiro atoms. The number of benzene rings is 1. The van der Waals surface area contributed by atoms with E-state index in [0.717, 1.165) is 22.2 Å². The van der Waals surface area contributed by atoms with Crippen molar-refractivity contribution >= 4 is 34.0 Å². The molecular weight excluding hydrogens is 376 g/mol. The lowest BCUT2D eigenvalue weighted by Crippen LogP contribution is -2.25. The van der Waals surface area contributed by atoms with Gasteiger partial charge in [-0.3, -0.25) is 9.48 Å². The van der Waals surface area contributed by atoms with Gasteiger partial charge >= 0.3 is 5.97 Å². The Morgan fingerprint density at radius 1 is 1.29 bits per heavy atom. The molecule has 142 valence electrons. The monoisotopic (exact) mass is 394 g/mol. The number of para-hydroxylation sites is 1. The van der Waals surface area contributed by atoms with Gasteiger partial charge in [-0.05, 0) is 19.9 Å². The Morgan fingerprint density at radius 2 is 2.07 bits per heavy atom. The van der Waals surface area contributed by atoms with E-state index < -0.39 is 12.1 Å². The lowest BCUT2D eigenvalue weighted by molar-refractivity contribution is 0.0314. The molecule has 0 saturated carbocycles. The standard InChI is InChI=1S/C20H18N4O3S/c1-11-17(14-6-4-5-7-15(14)22-11)18(25)12(2)27-20(26)16-10-28-19(23-16)13-8-21-24(3)9-13/h4-10,12,22H,1-3H3. The molecule has 0 radical (unpaired) electrons. The minimum atomic E-state index is -0.922. The zero-order valence-electron chi connectivity index (χ0n) is 15.6. The van der Waals surface area contributed by atoms with Crippen molar-refractivity contribution in [2.24, 2.45) is 7.05 Å². The quantitative estimate of drug-likeness (QED) is 0.411. The van der Waals surface area contributed by atoms with Crippen molar-refractivity contribution in [3.63, 3.8) is 0 Å². The number of aromatic nitrogens is 4. The van der Waals surface area contributed by atoms with Crippen LogP contribution in [0.15, 0.2) is 42.0 Å². The molecule has 1 N–H and O–H groups in total. The van der Waals surface area contributed by atoms with Crippen LogP contribution in [0, 0.1) is 6.92 Å². The largest absolute Gasteiger partial charge is 0.450 e. The summed E-state index contributed by atoms with van der Waals surface area (Å²) in [6, 6.07) is 7.56. The number of esters is 1. The summed E-state index contributed by atoms with van der Waals surface area (Å²) in [7, 11) is 1.81. The van der Waals surface area contributed by atoms with E-state index in [1.54, 1.807) is 23.2 Å². The van der Waals surface area contributed by atoms with Crippen LogP contribution in [0.1, 0.15) is 33.5 Å². The second-order valence-electron chi connectivity index (χ2n) is 6.52. The van der Waals surface area contributed by atoms with Crippen LogP contribution in [-0.2, 0) is 11.8 Å². The molecule has 3 aromatic heterocycles. The number of nitrogens with zero attached hydrogens (tertiary/aromatic N) is 3. The number of carbonyl (C=O) groups is 2. The lowest BCUT2D eigenvalue weighted by atomic mass is 10.0. The first kappa shape index (κ1) is 18.1. The van der Waals surface area contributed by atoms with Crippen molar-refractivity contribution in [1.29, 1.82) is 0 Å². The van der Waals surface area contributed by atoms with E-state index in [1.165, 1.54) is 11.3 Å². The van der Waals surface area contributed by atoms with Gasteiger partial charge in [-0.15, -0.1) is 11.3 Å². The van der Waals surface area contributed by atoms with Crippen LogP contribution in [0.2, 0.25) is 0 Å². The smallest absolute Gasteiger partial charge is 0.358 e. The maximum Gasteiger partial charge on any atom is 0.358 e. The normalized spacial score (nSPS) is 12.2. The predicted octanol–water partition coefficient (Wildman–Crippen LogP) is 3.76. The molecule has 7 nitrogen and oxygen atoms in total. The third-order valence-electron chi connectivity index (χ3n) is 4.46. The number of aromatic amines is 1. The molecule has 8 heteroatoms. The van der Waals surface area contributed by atoms with Gasteiger partial charge in [0.1, 0.15) is 5.01 Å². The van der Waals surface area contributed by atoms with Crippen molar-refractivity contribution in [2.45, 2.75) is 20.0 Å². The Labute approximate surface area is 165 Å². The van der Waals surface area contributed by atoms with Gasteiger partial charge in [0.15, 0.2) is 11.8 Å². The molecule has 0 fully saturated rings. The maximum absolute atomic E-state index is 12.9. The highest BCUT2D eigenvalue weighted by atomic mass is 32.1. The van der Waals surface area contributed by atoms with Gasteiger partial charge in [0, 0.05) is 46.3 Å². The van der Waals surface area contributed by atoms with E-state index in [0.29, 0.717) is 10.6 Å². The number of thiazole rings is 1. The highest BCUT2D eigenvalue weighted by Crippen LogP contribution is 2.25. The molecule has 1 aromatic carbocycles. The minimum Gasteiger partial charge on any atom is -0.450 e. The van der Waals surface area contributed by atoms with Crippen molar-refractivity contribution in [3.8, 4) is 10.6 Å². The van der Waals surface area contributed by atoms with Crippen LogP contribution in [0.5, 0.6) is 0 Å². The number of hydrogen-bond donors (Lipinski definition) is 1. The fraction of sp³-hybridized carbons (Fsp3) is 0.200. The number of Topliss-reactive ketones (excluding diaryl/α,β-unsaturated/α-hetero) is 1. The first-order valence-electron chi connectivity index (χ1n) is 8.71. The number of ketones is 1. The number of rotatable bonds is 5. The van der Waals surface area contributed by atoms with E-state index in [1.807, 2.05) is 44.4 Å². The fourth-order valence-corrected chi connectivity index (χ4v) is 3.87. The van der Waals surface area contributed by atoms with Crippen molar-refractivity contribution < 1.29 is 14.3 Å². The number of fused-ring (bicyclic) bond motifs is 1. The molecule has 1 unspecified atom stereocenters. The molecular formula is C20H18N4O3S. The molecule has 0 saturated heterocycles. The molecule has 0 aliphatic carbocycles. The third-order valence-corrected chi connectivity index (χ3v) is 5.35. The molecule has 3 heterocycles. The van der Waals surface area contributed by atoms with E-state index in [4.69, 9.17) is 4.74 Å². The Morgan fingerprint density at radius 3 is 2.82 bits per heavy atom. The number of H-pyrrole nitrogens is 1. The first-order valence-corrected chi connectivity index (χ1v) is 9.59. The third kappa shape index (κ3) is 3.22. The molecule has 28 heavy (non-hydrogen) atoms. The maximum atomic E-state index is 12.9. The van der Waals surface area contributed by atoms with Crippen LogP contribution in [-0.4, -0.2) is 37.6 Å². The Bertz CT molecular complexity index is 1190. The van der Waals surface area contributed by atoms with Crippen molar-refractivity contribution in [1.82, 2.24) is 19.7 Å². The summed E-state index contributed by atoms with van der Waals surface area (Å²) in [4.78, 5) is 32.9. The van der Waals surface area contributed by atoms with E-state index in [9.17, 15) is 9.59 Å². The average molecular weight is 394 g/mol. The van der Waals surface area contributed by atoms with Gasteiger partial charge in [-0.25, -0.2) is 9.78 Å². The van der Waals surface area contributed by atoms with Gasteiger partial charge in [-0.1, -0.05) is 18.2 Å². The summed E-state index contributed by atoms with van der Waals surface area (Å²) in [5.41, 5.74) is 3.18. The van der Waals surface area contributed by atoms with Gasteiger partial charge in [0.05, 0.1) is 6.20 Å². The highest BCUT2D eigenvalue weighted by Gasteiger charge is 2.26. The molecule has 0 amide bonds. The average Bonchev–Trinajstić information content (AvgIpc) is 3.38. The fourth-order valence-electron chi connectivity index (χ4n) is 3.10. The van der Waals surface area contributed by atoms with Crippen LogP contribution in [0.3, 0.4) is 0 Å². The Balaban J connectivity index is 1.52. The zero-order valence-corrected chi connectivity index (χ0v) is 16.4. The first-order chi connectivity index (χ1) is 13.4. The van der Waals surface area contributed by atoms with Crippen LogP contribution in [0.25, 0.3) is 21.5 Å². The topological polar surface area (TPSA) is 89.9 Å². The molecule has 1 atom stereocenters. The van der Waals surface area contributed by atoms with E-state index >= 15 is 0 Å². The zero-order chi connectivity index (χ0) is 19.8. The van der Waals surface area contributed by atoms with Crippen LogP contribution >= 0.6 is 11.3 Å². The summed E-state index contributed by atoms with van der Waals surface area (Å²) in [5.74, 6) is -0.865. The second-order valence-corrected chi connectivity index (χ2v) is 7.38. The van der Waals surface area contributed by atoms with E-state index in [-0.39, 0.29) is 11.5 Å². The van der Waals surface area contributed by atoms with Crippen LogP contribution in [0.4, 0.5) is 0 Å².